The van der Waals surface area contributed by atoms with Crippen molar-refractivity contribution in [2.75, 3.05) is 6.61 Å². The molecule has 0 amide bonds. The number of hydrogen-bond acceptors (Lipinski definition) is 9. The highest BCUT2D eigenvalue weighted by molar-refractivity contribution is 6.05. The first-order chi connectivity index (χ1) is 18.9. The second kappa shape index (κ2) is 9.51. The van der Waals surface area contributed by atoms with Gasteiger partial charge in [-0.15, -0.1) is 0 Å². The van der Waals surface area contributed by atoms with E-state index in [0.717, 1.165) is 18.4 Å². The van der Waals surface area contributed by atoms with Crippen LogP contribution in [0.5, 0.6) is 0 Å². The summed E-state index contributed by atoms with van der Waals surface area (Å²) in [6.07, 6.45) is 2.44. The zero-order valence-electron chi connectivity index (χ0n) is 22.0. The number of ether oxygens (including phenoxy) is 2. The lowest BCUT2D eigenvalue weighted by molar-refractivity contribution is -0.385. The Morgan fingerprint density at radius 3 is 1.90 bits per heavy atom. The van der Waals surface area contributed by atoms with Crippen molar-refractivity contribution in [3.05, 3.63) is 103 Å². The minimum absolute atomic E-state index is 0.0556. The molecular formula is C29H26N2O9. The third kappa shape index (κ3) is 4.37. The fourth-order valence-corrected chi connectivity index (χ4v) is 5.81. The van der Waals surface area contributed by atoms with Crippen LogP contribution in [0.3, 0.4) is 0 Å². The molecular weight excluding hydrogens is 520 g/mol. The van der Waals surface area contributed by atoms with Gasteiger partial charge in [0.15, 0.2) is 5.78 Å². The Kier molecular flexibility index (Phi) is 6.40. The lowest BCUT2D eigenvalue weighted by Gasteiger charge is -2.36. The van der Waals surface area contributed by atoms with Crippen LogP contribution in [0.25, 0.3) is 0 Å². The van der Waals surface area contributed by atoms with E-state index in [4.69, 9.17) is 9.47 Å². The highest BCUT2D eigenvalue weighted by Gasteiger charge is 2.60. The van der Waals surface area contributed by atoms with Crippen molar-refractivity contribution >= 4 is 29.1 Å². The minimum atomic E-state index is -1.10. The first kappa shape index (κ1) is 26.9. The fourth-order valence-electron chi connectivity index (χ4n) is 5.81. The van der Waals surface area contributed by atoms with Gasteiger partial charge in [0.1, 0.15) is 12.7 Å². The number of hydrogen-bond donors (Lipinski definition) is 0. The van der Waals surface area contributed by atoms with Crippen molar-refractivity contribution in [2.24, 2.45) is 16.7 Å². The molecule has 206 valence electrons. The third-order valence-electron chi connectivity index (χ3n) is 8.42. The molecule has 0 N–H and O–H groups in total. The Morgan fingerprint density at radius 2 is 1.43 bits per heavy atom. The maximum absolute atomic E-state index is 13.5. The number of nitrogens with zero attached hydrogens (tertiary/aromatic N) is 2. The summed E-state index contributed by atoms with van der Waals surface area (Å²) < 4.78 is 11.6. The number of benzene rings is 2. The van der Waals surface area contributed by atoms with Crippen LogP contribution in [0.15, 0.2) is 71.3 Å². The van der Waals surface area contributed by atoms with E-state index in [2.05, 4.69) is 0 Å². The van der Waals surface area contributed by atoms with Gasteiger partial charge in [-0.1, -0.05) is 18.6 Å². The zero-order valence-corrected chi connectivity index (χ0v) is 22.0. The van der Waals surface area contributed by atoms with Gasteiger partial charge in [-0.2, -0.15) is 0 Å². The summed E-state index contributed by atoms with van der Waals surface area (Å²) in [5.74, 6) is -1.76. The van der Waals surface area contributed by atoms with Crippen molar-refractivity contribution < 1.29 is 33.7 Å². The van der Waals surface area contributed by atoms with Gasteiger partial charge in [0.05, 0.1) is 26.4 Å². The van der Waals surface area contributed by atoms with Gasteiger partial charge in [0.25, 0.3) is 11.4 Å². The molecule has 0 aromatic heterocycles. The molecule has 1 unspecified atom stereocenters. The van der Waals surface area contributed by atoms with E-state index in [0.29, 0.717) is 11.1 Å². The summed E-state index contributed by atoms with van der Waals surface area (Å²) in [6, 6.07) is 9.98. The Morgan fingerprint density at radius 1 is 0.925 bits per heavy atom. The van der Waals surface area contributed by atoms with E-state index in [9.17, 15) is 34.6 Å². The van der Waals surface area contributed by atoms with Crippen LogP contribution in [0.4, 0.5) is 11.4 Å². The minimum Gasteiger partial charge on any atom is -0.461 e. The second-order valence-electron chi connectivity index (χ2n) is 10.8. The molecule has 11 nitrogen and oxygen atoms in total. The first-order valence-electron chi connectivity index (χ1n) is 12.7. The first-order valence-corrected chi connectivity index (χ1v) is 12.7. The summed E-state index contributed by atoms with van der Waals surface area (Å²) in [6.45, 7) is 5.34. The smallest absolute Gasteiger partial charge is 0.338 e. The predicted octanol–water partition coefficient (Wildman–Crippen LogP) is 5.15. The fraction of sp³-hybridized carbons (Fsp3) is 0.345. The van der Waals surface area contributed by atoms with Gasteiger partial charge in [-0.05, 0) is 51.0 Å². The number of Topliss-reactive ketones (excluding diaryl/α,β-unsaturated/α-hetero) is 1. The van der Waals surface area contributed by atoms with Gasteiger partial charge >= 0.3 is 11.9 Å². The van der Waals surface area contributed by atoms with Crippen molar-refractivity contribution in [3.63, 3.8) is 0 Å². The molecule has 3 atom stereocenters. The number of fused-ring (bicyclic) bond motifs is 1. The number of rotatable bonds is 7. The van der Waals surface area contributed by atoms with E-state index in [1.54, 1.807) is 13.0 Å². The Hall–Kier alpha value is -4.67. The quantitative estimate of drug-likeness (QED) is 0.260. The standard InChI is InChI=1S/C29H26N2O9/c1-16-23-22(24(32)17(2)29(16)12-13-29)14-28(3,15-39-26(33)18-4-8-20(9-5-18)30(35)36)25(23)40-27(34)19-6-10-21(11-7-19)31(37)38/h4-11,14,17,25H,12-13,15H2,1-3H3/t17-,25?,28+/m1/s1. The van der Waals surface area contributed by atoms with E-state index >= 15 is 0 Å². The van der Waals surface area contributed by atoms with Gasteiger partial charge in [-0.3, -0.25) is 25.0 Å². The maximum Gasteiger partial charge on any atom is 0.338 e. The molecule has 2 aromatic carbocycles. The topological polar surface area (TPSA) is 156 Å². The van der Waals surface area contributed by atoms with Crippen LogP contribution in [0.2, 0.25) is 0 Å². The monoisotopic (exact) mass is 546 g/mol. The normalized spacial score (nSPS) is 24.3. The van der Waals surface area contributed by atoms with Crippen LogP contribution in [-0.4, -0.2) is 40.3 Å². The molecule has 40 heavy (non-hydrogen) atoms. The average Bonchev–Trinajstić information content (AvgIpc) is 3.70. The van der Waals surface area contributed by atoms with Crippen LogP contribution in [0.1, 0.15) is 54.3 Å². The SMILES string of the molecule is CC1=C2C(=C[C@@](C)(COC(=O)c3ccc([N+](=O)[O-])cc3)C2OC(=O)c2ccc([N+](=O)[O-])cc2)C(=O)[C@@H](C)C12CC2. The highest BCUT2D eigenvalue weighted by atomic mass is 16.6. The van der Waals surface area contributed by atoms with Gasteiger partial charge < -0.3 is 9.47 Å². The number of nitro groups is 2. The van der Waals surface area contributed by atoms with Crippen LogP contribution >= 0.6 is 0 Å². The van der Waals surface area contributed by atoms with Crippen molar-refractivity contribution in [2.45, 2.75) is 39.7 Å². The number of ketones is 1. The molecule has 1 fully saturated rings. The molecule has 0 heterocycles. The molecule has 0 aliphatic heterocycles. The van der Waals surface area contributed by atoms with Gasteiger partial charge in [0, 0.05) is 46.7 Å². The molecule has 3 aliphatic rings. The lowest BCUT2D eigenvalue weighted by Crippen LogP contribution is -2.40. The molecule has 5 rings (SSSR count). The van der Waals surface area contributed by atoms with Crippen molar-refractivity contribution in [1.29, 1.82) is 0 Å². The van der Waals surface area contributed by atoms with Gasteiger partial charge in [-0.25, -0.2) is 9.59 Å². The molecule has 0 bridgehead atoms. The summed E-state index contributed by atoms with van der Waals surface area (Å²) in [4.78, 5) is 60.3. The largest absolute Gasteiger partial charge is 0.461 e. The summed E-state index contributed by atoms with van der Waals surface area (Å²) in [5.41, 5.74) is 0.492. The van der Waals surface area contributed by atoms with E-state index in [1.807, 2.05) is 13.8 Å². The number of carbonyl (C=O) groups excluding carboxylic acids is 3. The van der Waals surface area contributed by atoms with Crippen molar-refractivity contribution in [1.82, 2.24) is 0 Å². The maximum atomic E-state index is 13.5. The van der Waals surface area contributed by atoms with E-state index in [1.165, 1.54) is 48.5 Å². The molecule has 1 spiro atoms. The van der Waals surface area contributed by atoms with Crippen molar-refractivity contribution in [3.8, 4) is 0 Å². The Labute approximate surface area is 228 Å². The Bertz CT molecular complexity index is 1520. The molecule has 1 saturated carbocycles. The average molecular weight is 547 g/mol. The third-order valence-corrected chi connectivity index (χ3v) is 8.42. The summed E-state index contributed by atoms with van der Waals surface area (Å²) in [5, 5.41) is 21.9. The number of nitro benzene ring substituents is 2. The molecule has 3 aliphatic carbocycles. The van der Waals surface area contributed by atoms with E-state index < -0.39 is 33.3 Å². The molecule has 2 aromatic rings. The van der Waals surface area contributed by atoms with Gasteiger partial charge in [0.2, 0.25) is 0 Å². The number of carbonyl (C=O) groups is 3. The highest BCUT2D eigenvalue weighted by Crippen LogP contribution is 2.64. The predicted molar refractivity (Wildman–Crippen MR) is 140 cm³/mol. The lowest BCUT2D eigenvalue weighted by atomic mass is 9.70. The number of allylic oxidation sites excluding steroid dienone is 1. The zero-order chi connectivity index (χ0) is 29.0. The molecule has 0 radical (unpaired) electrons. The molecule has 0 saturated heterocycles. The number of non-ortho nitro benzene ring substituents is 2. The number of esters is 2. The molecule has 11 heteroatoms. The summed E-state index contributed by atoms with van der Waals surface area (Å²) >= 11 is 0. The van der Waals surface area contributed by atoms with Crippen LogP contribution in [-0.2, 0) is 14.3 Å². The van der Waals surface area contributed by atoms with Crippen LogP contribution in [0, 0.1) is 37.0 Å². The van der Waals surface area contributed by atoms with E-state index in [-0.39, 0.29) is 46.2 Å². The van der Waals surface area contributed by atoms with Crippen LogP contribution < -0.4 is 0 Å². The second-order valence-corrected chi connectivity index (χ2v) is 10.8. The Balaban J connectivity index is 1.46. The summed E-state index contributed by atoms with van der Waals surface area (Å²) in [7, 11) is 0.